The number of aryl methyl sites for hydroxylation is 4. The standard InChI is InChI=1S/C23H29NS.C9H9FO/c1-5-20(6-2)24-15-19-10-8-18(9-11-19)14-22-17(4)25-23-13-16(3)7-12-21(22)23;1-6-3-8(10)4-7(2)9(6)5-11/h7-13,20,24H,5-6,14-15H2,1-4H3;3-5H,1-2H3. The van der Waals surface area contributed by atoms with E-state index < -0.39 is 0 Å². The second-order valence-corrected chi connectivity index (χ2v) is 10.9. The predicted molar refractivity (Wildman–Crippen MR) is 153 cm³/mol. The molecule has 1 heterocycles. The molecule has 36 heavy (non-hydrogen) atoms. The van der Waals surface area contributed by atoms with Crippen LogP contribution in [0.25, 0.3) is 10.1 Å². The minimum absolute atomic E-state index is 0.286. The lowest BCUT2D eigenvalue weighted by molar-refractivity contribution is 0.112. The maximum atomic E-state index is 12.6. The van der Waals surface area contributed by atoms with E-state index in [1.807, 2.05) is 11.3 Å². The summed E-state index contributed by atoms with van der Waals surface area (Å²) in [6.07, 6.45) is 4.16. The second-order valence-electron chi connectivity index (χ2n) is 9.60. The zero-order valence-electron chi connectivity index (χ0n) is 22.4. The highest BCUT2D eigenvalue weighted by atomic mass is 32.1. The Morgan fingerprint density at radius 3 is 2.08 bits per heavy atom. The van der Waals surface area contributed by atoms with Gasteiger partial charge in [-0.15, -0.1) is 11.3 Å². The number of hydrogen-bond donors (Lipinski definition) is 1. The molecule has 0 aliphatic rings. The number of benzene rings is 3. The minimum Gasteiger partial charge on any atom is -0.310 e. The van der Waals surface area contributed by atoms with E-state index in [9.17, 15) is 9.18 Å². The molecule has 0 spiro atoms. The SMILES string of the molecule is CCC(CC)NCc1ccc(Cc2c(C)sc3cc(C)ccc23)cc1.Cc1cc(F)cc(C)c1C=O. The van der Waals surface area contributed by atoms with Gasteiger partial charge in [-0.05, 0) is 104 Å². The van der Waals surface area contributed by atoms with Crippen molar-refractivity contribution in [3.05, 3.63) is 104 Å². The van der Waals surface area contributed by atoms with Crippen LogP contribution in [-0.2, 0) is 13.0 Å². The van der Waals surface area contributed by atoms with E-state index in [2.05, 4.69) is 75.5 Å². The van der Waals surface area contributed by atoms with Crippen molar-refractivity contribution in [1.82, 2.24) is 5.32 Å². The summed E-state index contributed by atoms with van der Waals surface area (Å²) >= 11 is 1.92. The van der Waals surface area contributed by atoms with Crippen LogP contribution in [0.15, 0.2) is 54.6 Å². The van der Waals surface area contributed by atoms with Gasteiger partial charge in [-0.25, -0.2) is 4.39 Å². The third kappa shape index (κ3) is 7.11. The zero-order chi connectivity index (χ0) is 26.2. The molecule has 0 saturated carbocycles. The molecular weight excluding hydrogens is 465 g/mol. The topological polar surface area (TPSA) is 29.1 Å². The molecule has 4 rings (SSSR count). The Morgan fingerprint density at radius 2 is 1.50 bits per heavy atom. The van der Waals surface area contributed by atoms with Gasteiger partial charge in [0.1, 0.15) is 5.82 Å². The number of fused-ring (bicyclic) bond motifs is 1. The van der Waals surface area contributed by atoms with Gasteiger partial charge in [0, 0.05) is 27.7 Å². The molecular formula is C32H38FNOS. The molecule has 190 valence electrons. The molecule has 1 aromatic heterocycles. The van der Waals surface area contributed by atoms with Gasteiger partial charge >= 0.3 is 0 Å². The highest BCUT2D eigenvalue weighted by Gasteiger charge is 2.10. The Labute approximate surface area is 219 Å². The van der Waals surface area contributed by atoms with Gasteiger partial charge in [-0.2, -0.15) is 0 Å². The van der Waals surface area contributed by atoms with E-state index >= 15 is 0 Å². The lowest BCUT2D eigenvalue weighted by atomic mass is 10.0. The molecule has 4 heteroatoms. The Hall–Kier alpha value is -2.82. The lowest BCUT2D eigenvalue weighted by Gasteiger charge is -2.14. The molecule has 1 N–H and O–H groups in total. The molecule has 4 aromatic rings. The monoisotopic (exact) mass is 503 g/mol. The highest BCUT2D eigenvalue weighted by Crippen LogP contribution is 2.33. The third-order valence-electron chi connectivity index (χ3n) is 6.81. The Morgan fingerprint density at radius 1 is 0.889 bits per heavy atom. The van der Waals surface area contributed by atoms with Gasteiger partial charge in [0.15, 0.2) is 6.29 Å². The number of rotatable bonds is 8. The molecule has 0 atom stereocenters. The first-order valence-electron chi connectivity index (χ1n) is 12.8. The van der Waals surface area contributed by atoms with Crippen LogP contribution in [0.4, 0.5) is 4.39 Å². The van der Waals surface area contributed by atoms with E-state index in [-0.39, 0.29) is 5.82 Å². The Bertz CT molecular complexity index is 1280. The first-order chi connectivity index (χ1) is 17.2. The summed E-state index contributed by atoms with van der Waals surface area (Å²) in [7, 11) is 0. The number of carbonyl (C=O) groups excluding carboxylic acids is 1. The molecule has 0 aliphatic carbocycles. The predicted octanol–water partition coefficient (Wildman–Crippen LogP) is 8.64. The van der Waals surface area contributed by atoms with Crippen molar-refractivity contribution in [2.75, 3.05) is 0 Å². The molecule has 0 radical (unpaired) electrons. The largest absolute Gasteiger partial charge is 0.310 e. The number of aldehydes is 1. The maximum absolute atomic E-state index is 12.6. The normalized spacial score (nSPS) is 11.0. The van der Waals surface area contributed by atoms with Gasteiger partial charge < -0.3 is 5.32 Å². The van der Waals surface area contributed by atoms with Crippen LogP contribution in [0.2, 0.25) is 0 Å². The van der Waals surface area contributed by atoms with Crippen LogP contribution in [0.1, 0.15) is 75.3 Å². The van der Waals surface area contributed by atoms with Gasteiger partial charge in [0.25, 0.3) is 0 Å². The minimum atomic E-state index is -0.286. The summed E-state index contributed by atoms with van der Waals surface area (Å²) in [5.41, 5.74) is 7.58. The van der Waals surface area contributed by atoms with Gasteiger partial charge in [0.2, 0.25) is 0 Å². The smallest absolute Gasteiger partial charge is 0.150 e. The summed E-state index contributed by atoms with van der Waals surface area (Å²) in [6, 6.07) is 19.3. The van der Waals surface area contributed by atoms with Gasteiger partial charge in [-0.3, -0.25) is 4.79 Å². The van der Waals surface area contributed by atoms with Crippen molar-refractivity contribution in [2.24, 2.45) is 0 Å². The first-order valence-corrected chi connectivity index (χ1v) is 13.6. The van der Waals surface area contributed by atoms with Crippen molar-refractivity contribution in [3.8, 4) is 0 Å². The van der Waals surface area contributed by atoms with Crippen LogP contribution in [0.5, 0.6) is 0 Å². The number of halogens is 1. The summed E-state index contributed by atoms with van der Waals surface area (Å²) in [4.78, 5) is 11.9. The Kier molecular flexibility index (Phi) is 9.98. The van der Waals surface area contributed by atoms with Crippen molar-refractivity contribution in [2.45, 2.75) is 73.4 Å². The summed E-state index contributed by atoms with van der Waals surface area (Å²) in [6.45, 7) is 13.3. The molecule has 3 aromatic carbocycles. The van der Waals surface area contributed by atoms with E-state index in [0.29, 0.717) is 22.7 Å². The van der Waals surface area contributed by atoms with Crippen LogP contribution in [0.3, 0.4) is 0 Å². The van der Waals surface area contributed by atoms with Gasteiger partial charge in [0.05, 0.1) is 0 Å². The van der Waals surface area contributed by atoms with Crippen molar-refractivity contribution in [1.29, 1.82) is 0 Å². The zero-order valence-corrected chi connectivity index (χ0v) is 23.2. The molecule has 0 amide bonds. The van der Waals surface area contributed by atoms with Crippen LogP contribution in [0, 0.1) is 33.5 Å². The fourth-order valence-electron chi connectivity index (χ4n) is 4.53. The first kappa shape index (κ1) is 27.8. The molecule has 0 bridgehead atoms. The number of nitrogens with one attached hydrogen (secondary N) is 1. The van der Waals surface area contributed by atoms with E-state index in [1.54, 1.807) is 13.8 Å². The lowest BCUT2D eigenvalue weighted by Crippen LogP contribution is -2.26. The average Bonchev–Trinajstić information content (AvgIpc) is 3.14. The van der Waals surface area contributed by atoms with E-state index in [4.69, 9.17) is 0 Å². The van der Waals surface area contributed by atoms with Crippen molar-refractivity contribution >= 4 is 27.7 Å². The summed E-state index contributed by atoms with van der Waals surface area (Å²) in [5.74, 6) is -0.286. The maximum Gasteiger partial charge on any atom is 0.150 e. The number of thiophene rings is 1. The molecule has 0 fully saturated rings. The summed E-state index contributed by atoms with van der Waals surface area (Å²) < 4.78 is 14.0. The molecule has 2 nitrogen and oxygen atoms in total. The number of carbonyl (C=O) groups is 1. The molecule has 0 saturated heterocycles. The van der Waals surface area contributed by atoms with Gasteiger partial charge in [-0.1, -0.05) is 50.2 Å². The third-order valence-corrected chi connectivity index (χ3v) is 7.92. The fraction of sp³-hybridized carbons (Fsp3) is 0.344. The van der Waals surface area contributed by atoms with E-state index in [0.717, 1.165) is 19.3 Å². The molecule has 0 aliphatic heterocycles. The number of hydrogen-bond acceptors (Lipinski definition) is 3. The van der Waals surface area contributed by atoms with Crippen LogP contribution >= 0.6 is 11.3 Å². The Balaban J connectivity index is 0.000000275. The van der Waals surface area contributed by atoms with Crippen LogP contribution < -0.4 is 5.32 Å². The highest BCUT2D eigenvalue weighted by molar-refractivity contribution is 7.19. The van der Waals surface area contributed by atoms with E-state index in [1.165, 1.54) is 62.2 Å². The molecule has 0 unspecified atom stereocenters. The van der Waals surface area contributed by atoms with Crippen LogP contribution in [-0.4, -0.2) is 12.3 Å². The quantitative estimate of drug-likeness (QED) is 0.244. The fourth-order valence-corrected chi connectivity index (χ4v) is 5.71. The summed E-state index contributed by atoms with van der Waals surface area (Å²) in [5, 5.41) is 5.06. The van der Waals surface area contributed by atoms with Crippen molar-refractivity contribution in [3.63, 3.8) is 0 Å². The second kappa shape index (κ2) is 12.9. The van der Waals surface area contributed by atoms with Crippen molar-refractivity contribution < 1.29 is 9.18 Å². The average molecular weight is 504 g/mol.